The second-order valence-corrected chi connectivity index (χ2v) is 7.70. The van der Waals surface area contributed by atoms with Crippen molar-refractivity contribution in [3.8, 4) is 0 Å². The third kappa shape index (κ3) is 2.50. The number of aromatic nitrogens is 2. The first-order valence-corrected chi connectivity index (χ1v) is 9.80. The van der Waals surface area contributed by atoms with Crippen molar-refractivity contribution in [3.63, 3.8) is 0 Å². The lowest BCUT2D eigenvalue weighted by Gasteiger charge is -2.33. The first-order valence-electron chi connectivity index (χ1n) is 9.80. The molecule has 1 aromatic heterocycles. The van der Waals surface area contributed by atoms with E-state index in [0.717, 1.165) is 27.7 Å². The number of aliphatic hydroxyl groups excluding tert-OH is 1. The van der Waals surface area contributed by atoms with Crippen molar-refractivity contribution in [1.29, 1.82) is 0 Å². The first-order chi connectivity index (χ1) is 14.0. The molecule has 0 spiro atoms. The van der Waals surface area contributed by atoms with Crippen molar-refractivity contribution in [3.05, 3.63) is 58.9 Å². The Kier molecular flexibility index (Phi) is 3.96. The largest absolute Gasteiger partial charge is 0.390 e. The molecule has 2 aliphatic rings. The Morgan fingerprint density at radius 3 is 2.76 bits per heavy atom. The average molecular weight is 390 g/mol. The van der Waals surface area contributed by atoms with E-state index in [-0.39, 0.29) is 18.4 Å². The second-order valence-electron chi connectivity index (χ2n) is 7.70. The molecule has 2 aromatic carbocycles. The minimum atomic E-state index is -0.615. The summed E-state index contributed by atoms with van der Waals surface area (Å²) in [6.45, 7) is 2.61. The number of benzene rings is 2. The molecule has 0 saturated heterocycles. The standard InChI is InChI=1S/C22H22N4O3/c1-13(21(28)25-10-9-18-16(11-25)17(12-27)23-24(18)2)26-19-8-4-6-14-5-3-7-15(20(14)19)22(26)29/h3-8,13,27H,9-12H2,1-2H3. The molecular weight excluding hydrogens is 368 g/mol. The molecule has 3 aromatic rings. The molecule has 0 radical (unpaired) electrons. The average Bonchev–Trinajstić information content (AvgIpc) is 3.22. The molecule has 7 heteroatoms. The fourth-order valence-electron chi connectivity index (χ4n) is 4.68. The number of carbonyl (C=O) groups is 2. The highest BCUT2D eigenvalue weighted by molar-refractivity contribution is 6.26. The normalized spacial score (nSPS) is 16.4. The third-order valence-corrected chi connectivity index (χ3v) is 6.12. The van der Waals surface area contributed by atoms with E-state index in [0.29, 0.717) is 30.8 Å². The lowest BCUT2D eigenvalue weighted by atomic mass is 10.0. The molecule has 7 nitrogen and oxygen atoms in total. The number of nitrogens with zero attached hydrogens (tertiary/aromatic N) is 4. The molecule has 0 bridgehead atoms. The maximum atomic E-state index is 13.4. The van der Waals surface area contributed by atoms with Gasteiger partial charge in [0.2, 0.25) is 5.91 Å². The quantitative estimate of drug-likeness (QED) is 0.742. The van der Waals surface area contributed by atoms with Gasteiger partial charge in [0, 0.05) is 48.8 Å². The van der Waals surface area contributed by atoms with Gasteiger partial charge in [-0.1, -0.05) is 24.3 Å². The third-order valence-electron chi connectivity index (χ3n) is 6.12. The van der Waals surface area contributed by atoms with Crippen molar-refractivity contribution in [2.24, 2.45) is 7.05 Å². The van der Waals surface area contributed by atoms with Gasteiger partial charge in [0.05, 0.1) is 18.0 Å². The Morgan fingerprint density at radius 1 is 1.24 bits per heavy atom. The van der Waals surface area contributed by atoms with Gasteiger partial charge in [-0.2, -0.15) is 5.10 Å². The summed E-state index contributed by atoms with van der Waals surface area (Å²) in [4.78, 5) is 29.9. The van der Waals surface area contributed by atoms with Crippen LogP contribution in [0.4, 0.5) is 5.69 Å². The lowest BCUT2D eigenvalue weighted by molar-refractivity contribution is -0.133. The van der Waals surface area contributed by atoms with Crippen LogP contribution in [0.2, 0.25) is 0 Å². The molecule has 2 amide bonds. The van der Waals surface area contributed by atoms with Gasteiger partial charge in [0.25, 0.3) is 5.91 Å². The summed E-state index contributed by atoms with van der Waals surface area (Å²) >= 11 is 0. The molecule has 1 atom stereocenters. The predicted octanol–water partition coefficient (Wildman–Crippen LogP) is 2.00. The number of fused-ring (bicyclic) bond motifs is 1. The summed E-state index contributed by atoms with van der Waals surface area (Å²) in [5.41, 5.74) is 4.02. The first kappa shape index (κ1) is 17.9. The van der Waals surface area contributed by atoms with Crippen LogP contribution >= 0.6 is 0 Å². The molecule has 148 valence electrons. The van der Waals surface area contributed by atoms with Crippen LogP contribution in [0, 0.1) is 0 Å². The van der Waals surface area contributed by atoms with E-state index < -0.39 is 6.04 Å². The topological polar surface area (TPSA) is 78.7 Å². The van der Waals surface area contributed by atoms with Crippen LogP contribution in [-0.2, 0) is 31.4 Å². The molecule has 1 N–H and O–H groups in total. The maximum Gasteiger partial charge on any atom is 0.259 e. The number of carbonyl (C=O) groups excluding carboxylic acids is 2. The molecule has 3 heterocycles. The monoisotopic (exact) mass is 390 g/mol. The van der Waals surface area contributed by atoms with Crippen LogP contribution < -0.4 is 4.90 Å². The van der Waals surface area contributed by atoms with E-state index in [4.69, 9.17) is 0 Å². The van der Waals surface area contributed by atoms with Gasteiger partial charge in [-0.15, -0.1) is 0 Å². The van der Waals surface area contributed by atoms with Crippen molar-refractivity contribution in [2.75, 3.05) is 11.4 Å². The van der Waals surface area contributed by atoms with Crippen molar-refractivity contribution >= 4 is 28.3 Å². The Balaban J connectivity index is 1.46. The van der Waals surface area contributed by atoms with Gasteiger partial charge in [-0.3, -0.25) is 19.2 Å². The van der Waals surface area contributed by atoms with Crippen molar-refractivity contribution < 1.29 is 14.7 Å². The van der Waals surface area contributed by atoms with Crippen molar-refractivity contribution in [1.82, 2.24) is 14.7 Å². The zero-order valence-corrected chi connectivity index (χ0v) is 16.4. The summed E-state index contributed by atoms with van der Waals surface area (Å²) < 4.78 is 1.79. The van der Waals surface area contributed by atoms with Crippen molar-refractivity contribution in [2.45, 2.75) is 32.5 Å². The van der Waals surface area contributed by atoms with Gasteiger partial charge >= 0.3 is 0 Å². The molecule has 0 fully saturated rings. The highest BCUT2D eigenvalue weighted by Crippen LogP contribution is 2.38. The Labute approximate surface area is 168 Å². The second kappa shape index (κ2) is 6.42. The Bertz CT molecular complexity index is 1160. The predicted molar refractivity (Wildman–Crippen MR) is 108 cm³/mol. The minimum Gasteiger partial charge on any atom is -0.390 e. The Morgan fingerprint density at radius 2 is 2.00 bits per heavy atom. The molecule has 0 saturated carbocycles. The summed E-state index contributed by atoms with van der Waals surface area (Å²) in [5.74, 6) is -0.227. The zero-order valence-electron chi connectivity index (χ0n) is 16.4. The number of aliphatic hydroxyl groups is 1. The molecule has 29 heavy (non-hydrogen) atoms. The molecule has 0 aliphatic carbocycles. The van der Waals surface area contributed by atoms with E-state index >= 15 is 0 Å². The fraction of sp³-hybridized carbons (Fsp3) is 0.318. The molecular formula is C22H22N4O3. The number of aryl methyl sites for hydroxylation is 1. The number of anilines is 1. The van der Waals surface area contributed by atoms with E-state index in [9.17, 15) is 14.7 Å². The fourth-order valence-corrected chi connectivity index (χ4v) is 4.68. The van der Waals surface area contributed by atoms with Crippen LogP contribution in [0.3, 0.4) is 0 Å². The van der Waals surface area contributed by atoms with E-state index in [1.54, 1.807) is 21.4 Å². The summed E-state index contributed by atoms with van der Waals surface area (Å²) in [6.07, 6.45) is 0.682. The molecule has 1 unspecified atom stereocenters. The summed E-state index contributed by atoms with van der Waals surface area (Å²) in [6, 6.07) is 10.9. The summed E-state index contributed by atoms with van der Waals surface area (Å²) in [5, 5.41) is 15.9. The number of amides is 2. The van der Waals surface area contributed by atoms with Crippen LogP contribution in [0.25, 0.3) is 10.8 Å². The molecule has 2 aliphatic heterocycles. The summed E-state index contributed by atoms with van der Waals surface area (Å²) in [7, 11) is 1.86. The number of rotatable bonds is 3. The van der Waals surface area contributed by atoms with Gasteiger partial charge in [0.1, 0.15) is 6.04 Å². The minimum absolute atomic E-state index is 0.0958. The number of hydrogen-bond donors (Lipinski definition) is 1. The maximum absolute atomic E-state index is 13.4. The van der Waals surface area contributed by atoms with Gasteiger partial charge in [-0.05, 0) is 24.4 Å². The van der Waals surface area contributed by atoms with Crippen LogP contribution in [0.15, 0.2) is 36.4 Å². The van der Waals surface area contributed by atoms with Crippen LogP contribution in [0.5, 0.6) is 0 Å². The SMILES string of the molecule is CC(C(=O)N1CCc2c(c(CO)nn2C)C1)N1C(=O)c2cccc3cccc1c23. The highest BCUT2D eigenvalue weighted by atomic mass is 16.3. The van der Waals surface area contributed by atoms with E-state index in [1.165, 1.54) is 0 Å². The van der Waals surface area contributed by atoms with E-state index in [2.05, 4.69) is 5.10 Å². The van der Waals surface area contributed by atoms with Gasteiger partial charge < -0.3 is 10.0 Å². The van der Waals surface area contributed by atoms with Gasteiger partial charge in [-0.25, -0.2) is 0 Å². The molecule has 5 rings (SSSR count). The Hall–Kier alpha value is -3.19. The zero-order chi connectivity index (χ0) is 20.3. The van der Waals surface area contributed by atoms with E-state index in [1.807, 2.05) is 43.4 Å². The van der Waals surface area contributed by atoms with Crippen LogP contribution in [0.1, 0.15) is 34.2 Å². The van der Waals surface area contributed by atoms with Gasteiger partial charge in [0.15, 0.2) is 0 Å². The van der Waals surface area contributed by atoms with Crippen LogP contribution in [-0.4, -0.2) is 44.2 Å². The lowest BCUT2D eigenvalue weighted by Crippen LogP contribution is -2.49. The number of hydrogen-bond acceptors (Lipinski definition) is 4. The highest BCUT2D eigenvalue weighted by Gasteiger charge is 2.38. The smallest absolute Gasteiger partial charge is 0.259 e.